The number of alkyl halides is 3. The van der Waals surface area contributed by atoms with Crippen LogP contribution in [0.4, 0.5) is 4.39 Å². The van der Waals surface area contributed by atoms with Gasteiger partial charge in [-0.25, -0.2) is 9.18 Å². The largest absolute Gasteiger partial charge is 0.457 e. The first-order chi connectivity index (χ1) is 16.9. The molecule has 0 amide bonds. The van der Waals surface area contributed by atoms with Crippen molar-refractivity contribution in [3.8, 4) is 0 Å². The van der Waals surface area contributed by atoms with Crippen LogP contribution in [0.3, 0.4) is 0 Å². The van der Waals surface area contributed by atoms with Crippen LogP contribution in [0.25, 0.3) is 0 Å². The van der Waals surface area contributed by atoms with Crippen molar-refractivity contribution in [3.63, 3.8) is 0 Å². The molecular weight excluding hydrogens is 510 g/mol. The zero-order valence-corrected chi connectivity index (χ0v) is 21.8. The number of hydrogen-bond donors (Lipinski definition) is 1. The first kappa shape index (κ1) is 25.7. The van der Waals surface area contributed by atoms with E-state index < -0.39 is 63.0 Å². The molecule has 1 aromatic rings. The summed E-state index contributed by atoms with van der Waals surface area (Å²) in [6.45, 7) is 5.38. The molecule has 0 bridgehead atoms. The van der Waals surface area contributed by atoms with Gasteiger partial charge in [0.25, 0.3) is 0 Å². The van der Waals surface area contributed by atoms with Crippen LogP contribution < -0.4 is 0 Å². The minimum absolute atomic E-state index is 0.0205. The number of carbonyl (C=O) groups excluding carboxylic acids is 3. The molecule has 5 rings (SSSR count). The Morgan fingerprint density at radius 1 is 1.28 bits per heavy atom. The summed E-state index contributed by atoms with van der Waals surface area (Å²) in [7, 11) is 0. The number of esters is 1. The van der Waals surface area contributed by atoms with E-state index in [9.17, 15) is 19.5 Å². The van der Waals surface area contributed by atoms with Crippen LogP contribution in [0, 0.1) is 28.6 Å². The van der Waals surface area contributed by atoms with Crippen LogP contribution in [-0.2, 0) is 14.3 Å². The van der Waals surface area contributed by atoms with Crippen LogP contribution in [-0.4, -0.2) is 51.3 Å². The number of carbonyl (C=O) groups is 3. The first-order valence-corrected chi connectivity index (χ1v) is 13.1. The smallest absolute Gasteiger partial charge is 0.375 e. The molecule has 1 N–H and O–H groups in total. The number of fused-ring (bicyclic) bond motifs is 5. The van der Waals surface area contributed by atoms with Crippen molar-refractivity contribution in [1.82, 2.24) is 0 Å². The maximum Gasteiger partial charge on any atom is 0.375 e. The molecule has 3 saturated carbocycles. The number of rotatable bonds is 4. The van der Waals surface area contributed by atoms with Gasteiger partial charge in [-0.05, 0) is 61.0 Å². The summed E-state index contributed by atoms with van der Waals surface area (Å²) >= 11 is 13.4. The number of furan rings is 1. The lowest BCUT2D eigenvalue weighted by atomic mass is 9.45. The Kier molecular flexibility index (Phi) is 5.90. The van der Waals surface area contributed by atoms with E-state index in [-0.39, 0.29) is 35.9 Å². The lowest BCUT2D eigenvalue weighted by Crippen LogP contribution is -2.70. The number of Topliss-reactive ketones (excluding diaryl/α,β-unsaturated/α-hetero) is 1. The van der Waals surface area contributed by atoms with E-state index in [1.54, 1.807) is 19.1 Å². The number of hydrogen-bond acceptors (Lipinski definition) is 6. The van der Waals surface area contributed by atoms with E-state index in [4.69, 9.17) is 32.4 Å². The molecular formula is C27H29Cl2FO6. The van der Waals surface area contributed by atoms with Crippen molar-refractivity contribution in [2.75, 3.05) is 5.88 Å². The summed E-state index contributed by atoms with van der Waals surface area (Å²) in [4.78, 5) is 37.4. The zero-order chi connectivity index (χ0) is 26.3. The monoisotopic (exact) mass is 538 g/mol. The van der Waals surface area contributed by atoms with E-state index in [0.717, 1.165) is 0 Å². The fourth-order valence-electron chi connectivity index (χ4n) is 8.08. The molecule has 1 aromatic heterocycles. The molecule has 6 nitrogen and oxygen atoms in total. The SMILES string of the molecule is C[C@@H]1CC2C3C[C@H](F)C4=CC(=O)C=CC4(C)[C@@]3(Cl)C(O)CC2(C)[C@@]1(OC(=O)c1ccco1)C(=O)CCl. The fraction of sp³-hybridized carbons (Fsp3) is 0.593. The van der Waals surface area contributed by atoms with Crippen LogP contribution in [0.2, 0.25) is 0 Å². The highest BCUT2D eigenvalue weighted by Crippen LogP contribution is 2.72. The number of halogens is 3. The molecule has 0 saturated heterocycles. The molecule has 4 aliphatic rings. The highest BCUT2D eigenvalue weighted by molar-refractivity contribution is 6.29. The molecule has 36 heavy (non-hydrogen) atoms. The third-order valence-corrected chi connectivity index (χ3v) is 10.8. The third-order valence-electron chi connectivity index (χ3n) is 9.68. The summed E-state index contributed by atoms with van der Waals surface area (Å²) in [5, 5.41) is 11.7. The predicted octanol–water partition coefficient (Wildman–Crippen LogP) is 4.82. The Bertz CT molecular complexity index is 1180. The number of allylic oxidation sites excluding steroid dienone is 4. The highest BCUT2D eigenvalue weighted by Gasteiger charge is 2.77. The molecule has 4 aliphatic carbocycles. The van der Waals surface area contributed by atoms with Crippen molar-refractivity contribution in [1.29, 1.82) is 0 Å². The number of ether oxygens (including phenoxy) is 1. The maximum absolute atomic E-state index is 15.7. The second-order valence-corrected chi connectivity index (χ2v) is 12.0. The summed E-state index contributed by atoms with van der Waals surface area (Å²) in [6, 6.07) is 2.99. The number of aliphatic hydroxyl groups is 1. The molecule has 5 unspecified atom stereocenters. The average molecular weight is 539 g/mol. The van der Waals surface area contributed by atoms with Gasteiger partial charge in [-0.15, -0.1) is 23.2 Å². The van der Waals surface area contributed by atoms with Gasteiger partial charge < -0.3 is 14.3 Å². The number of ketones is 2. The lowest BCUT2D eigenvalue weighted by Gasteiger charge is -2.64. The molecule has 9 atom stereocenters. The zero-order valence-electron chi connectivity index (χ0n) is 20.3. The topological polar surface area (TPSA) is 93.8 Å². The molecule has 1 heterocycles. The van der Waals surface area contributed by atoms with Gasteiger partial charge in [-0.3, -0.25) is 9.59 Å². The molecule has 194 valence electrons. The van der Waals surface area contributed by atoms with Crippen molar-refractivity contribution < 1.29 is 33.0 Å². The molecule has 3 fully saturated rings. The second kappa shape index (κ2) is 8.27. The van der Waals surface area contributed by atoms with Gasteiger partial charge >= 0.3 is 5.97 Å². The third kappa shape index (κ3) is 3.02. The van der Waals surface area contributed by atoms with Crippen molar-refractivity contribution in [3.05, 3.63) is 48.0 Å². The van der Waals surface area contributed by atoms with Crippen LogP contribution >= 0.6 is 23.2 Å². The Hall–Kier alpha value is -1.96. The molecule has 0 spiro atoms. The van der Waals surface area contributed by atoms with Gasteiger partial charge in [-0.1, -0.05) is 26.8 Å². The Morgan fingerprint density at radius 2 is 2.00 bits per heavy atom. The van der Waals surface area contributed by atoms with Gasteiger partial charge in [0, 0.05) is 16.7 Å². The Morgan fingerprint density at radius 3 is 2.64 bits per heavy atom. The van der Waals surface area contributed by atoms with Gasteiger partial charge in [0.15, 0.2) is 17.2 Å². The van der Waals surface area contributed by atoms with Crippen molar-refractivity contribution >= 4 is 40.7 Å². The molecule has 0 radical (unpaired) electrons. The predicted molar refractivity (Wildman–Crippen MR) is 131 cm³/mol. The van der Waals surface area contributed by atoms with Gasteiger partial charge in [-0.2, -0.15) is 0 Å². The van der Waals surface area contributed by atoms with Gasteiger partial charge in [0.1, 0.15) is 6.17 Å². The quantitative estimate of drug-likeness (QED) is 0.436. The fourth-order valence-corrected chi connectivity index (χ4v) is 8.77. The van der Waals surface area contributed by atoms with E-state index >= 15 is 4.39 Å². The lowest BCUT2D eigenvalue weighted by molar-refractivity contribution is -0.178. The maximum atomic E-state index is 15.7. The van der Waals surface area contributed by atoms with E-state index in [0.29, 0.717) is 6.42 Å². The average Bonchev–Trinajstić information content (AvgIpc) is 3.44. The van der Waals surface area contributed by atoms with E-state index in [1.165, 1.54) is 24.5 Å². The summed E-state index contributed by atoms with van der Waals surface area (Å²) < 4.78 is 27.0. The summed E-state index contributed by atoms with van der Waals surface area (Å²) in [5.41, 5.74) is -3.58. The minimum atomic E-state index is -1.66. The number of aliphatic hydroxyl groups excluding tert-OH is 1. The van der Waals surface area contributed by atoms with Crippen LogP contribution in [0.15, 0.2) is 46.6 Å². The highest BCUT2D eigenvalue weighted by atomic mass is 35.5. The van der Waals surface area contributed by atoms with Crippen molar-refractivity contribution in [2.45, 2.75) is 62.8 Å². The molecule has 9 heteroatoms. The normalized spacial score (nSPS) is 45.4. The van der Waals surface area contributed by atoms with Crippen LogP contribution in [0.5, 0.6) is 0 Å². The Labute approximate surface area is 218 Å². The molecule has 0 aliphatic heterocycles. The van der Waals surface area contributed by atoms with Crippen molar-refractivity contribution in [2.24, 2.45) is 28.6 Å². The first-order valence-electron chi connectivity index (χ1n) is 12.2. The Balaban J connectivity index is 1.64. The summed E-state index contributed by atoms with van der Waals surface area (Å²) in [5.74, 6) is -3.46. The van der Waals surface area contributed by atoms with Gasteiger partial charge in [0.2, 0.25) is 5.76 Å². The van der Waals surface area contributed by atoms with Crippen LogP contribution in [0.1, 0.15) is 50.6 Å². The van der Waals surface area contributed by atoms with Gasteiger partial charge in [0.05, 0.1) is 23.1 Å². The summed E-state index contributed by atoms with van der Waals surface area (Å²) in [6.07, 6.45) is 3.37. The second-order valence-electron chi connectivity index (χ2n) is 11.2. The van der Waals surface area contributed by atoms with E-state index in [1.807, 2.05) is 13.8 Å². The van der Waals surface area contributed by atoms with E-state index in [2.05, 4.69) is 0 Å². The minimum Gasteiger partial charge on any atom is -0.457 e. The molecule has 0 aromatic carbocycles. The standard InChI is InChI=1S/C27H29Cl2FO6/c1-14-9-16-17-11-19(30)18-10-15(31)6-7-24(18,2)26(17,29)21(32)12-25(16,3)27(14,22(33)13-28)36-23(34)20-5-4-8-35-20/h4-8,10,14,16-17,19,21,32H,9,11-13H2,1-3H3/t14-,16?,17?,19+,21?,24?,25?,26+,27+/m1/s1.